The Morgan fingerprint density at radius 3 is 2.29 bits per heavy atom. The number of amides is 1. The molecule has 1 N–H and O–H groups in total. The lowest BCUT2D eigenvalue weighted by Gasteiger charge is -2.26. The van der Waals surface area contributed by atoms with E-state index in [0.717, 1.165) is 30.4 Å². The van der Waals surface area contributed by atoms with Gasteiger partial charge < -0.3 is 10.2 Å². The smallest absolute Gasteiger partial charge is 0.264 e. The molecule has 0 aromatic heterocycles. The van der Waals surface area contributed by atoms with Crippen LogP contribution in [0.2, 0.25) is 10.0 Å². The van der Waals surface area contributed by atoms with Crippen LogP contribution in [0.1, 0.15) is 25.7 Å². The van der Waals surface area contributed by atoms with Crippen LogP contribution >= 0.6 is 23.2 Å². The van der Waals surface area contributed by atoms with Crippen LogP contribution in [-0.4, -0.2) is 51.9 Å². The van der Waals surface area contributed by atoms with Gasteiger partial charge in [-0.3, -0.25) is 9.10 Å². The largest absolute Gasteiger partial charge is 0.354 e. The molecule has 0 unspecified atom stereocenters. The van der Waals surface area contributed by atoms with Crippen molar-refractivity contribution < 1.29 is 13.2 Å². The van der Waals surface area contributed by atoms with E-state index in [-0.39, 0.29) is 33.1 Å². The van der Waals surface area contributed by atoms with Crippen molar-refractivity contribution in [3.05, 3.63) is 58.6 Å². The van der Waals surface area contributed by atoms with Gasteiger partial charge in [-0.1, -0.05) is 47.8 Å². The van der Waals surface area contributed by atoms with Crippen LogP contribution in [0.3, 0.4) is 0 Å². The maximum absolute atomic E-state index is 13.3. The Labute approximate surface area is 194 Å². The summed E-state index contributed by atoms with van der Waals surface area (Å²) in [6.07, 6.45) is 4.55. The summed E-state index contributed by atoms with van der Waals surface area (Å²) in [5.41, 5.74) is 0.241. The van der Waals surface area contributed by atoms with E-state index in [1.165, 1.54) is 49.6 Å². The minimum absolute atomic E-state index is 0.0870. The zero-order chi connectivity index (χ0) is 22.3. The zero-order valence-electron chi connectivity index (χ0n) is 17.3. The molecule has 6 nitrogen and oxygen atoms in total. The average Bonchev–Trinajstić information content (AvgIpc) is 2.75. The first kappa shape index (κ1) is 23.9. The van der Waals surface area contributed by atoms with Crippen LogP contribution in [0, 0.1) is 0 Å². The predicted octanol–water partition coefficient (Wildman–Crippen LogP) is 4.18. The molecule has 2 aromatic carbocycles. The number of sulfonamides is 1. The number of carbonyl (C=O) groups is 1. The van der Waals surface area contributed by atoms with Crippen LogP contribution in [0.4, 0.5) is 5.69 Å². The number of hydrogen-bond donors (Lipinski definition) is 1. The lowest BCUT2D eigenvalue weighted by molar-refractivity contribution is -0.119. The third kappa shape index (κ3) is 6.84. The molecule has 1 fully saturated rings. The number of likely N-dealkylation sites (tertiary alicyclic amines) is 1. The molecule has 0 atom stereocenters. The number of rotatable bonds is 9. The Kier molecular flexibility index (Phi) is 8.60. The zero-order valence-corrected chi connectivity index (χ0v) is 19.6. The maximum atomic E-state index is 13.3. The lowest BCUT2D eigenvalue weighted by atomic mass is 10.1. The van der Waals surface area contributed by atoms with E-state index in [1.807, 2.05) is 0 Å². The molecule has 2 aromatic rings. The molecule has 1 saturated heterocycles. The first-order chi connectivity index (χ1) is 14.9. The Balaban J connectivity index is 1.70. The Morgan fingerprint density at radius 1 is 1.00 bits per heavy atom. The highest BCUT2D eigenvalue weighted by Crippen LogP contribution is 2.29. The minimum atomic E-state index is -3.98. The van der Waals surface area contributed by atoms with Crippen molar-refractivity contribution in [1.29, 1.82) is 0 Å². The number of hydrogen-bond acceptors (Lipinski definition) is 4. The first-order valence-electron chi connectivity index (χ1n) is 10.4. The Bertz CT molecular complexity index is 961. The summed E-state index contributed by atoms with van der Waals surface area (Å²) in [6.45, 7) is 3.26. The van der Waals surface area contributed by atoms with E-state index >= 15 is 0 Å². The molecule has 1 aliphatic heterocycles. The highest BCUT2D eigenvalue weighted by Gasteiger charge is 2.27. The second-order valence-electron chi connectivity index (χ2n) is 7.56. The average molecular weight is 484 g/mol. The van der Waals surface area contributed by atoms with Gasteiger partial charge in [-0.15, -0.1) is 0 Å². The predicted molar refractivity (Wildman–Crippen MR) is 125 cm³/mol. The number of carbonyl (C=O) groups excluding carboxylic acids is 1. The monoisotopic (exact) mass is 483 g/mol. The summed E-state index contributed by atoms with van der Waals surface area (Å²) in [7, 11) is -3.98. The van der Waals surface area contributed by atoms with Crippen LogP contribution in [-0.2, 0) is 14.8 Å². The molecule has 0 radical (unpaired) electrons. The fraction of sp³-hybridized carbons (Fsp3) is 0.409. The molecule has 0 spiro atoms. The van der Waals surface area contributed by atoms with Gasteiger partial charge in [0.1, 0.15) is 6.54 Å². The van der Waals surface area contributed by atoms with Gasteiger partial charge in [0.25, 0.3) is 10.0 Å². The summed E-state index contributed by atoms with van der Waals surface area (Å²) in [5.74, 6) is -0.380. The van der Waals surface area contributed by atoms with Gasteiger partial charge in [0, 0.05) is 16.6 Å². The molecule has 9 heteroatoms. The van der Waals surface area contributed by atoms with Crippen LogP contribution in [0.25, 0.3) is 0 Å². The molecule has 0 bridgehead atoms. The maximum Gasteiger partial charge on any atom is 0.264 e. The van der Waals surface area contributed by atoms with E-state index in [0.29, 0.717) is 6.54 Å². The Morgan fingerprint density at radius 2 is 1.65 bits per heavy atom. The van der Waals surface area contributed by atoms with E-state index in [9.17, 15) is 13.2 Å². The standard InChI is InChI=1S/C22H27Cl2N3O3S/c23-18-14-19(24)16-20(15-18)27(31(29,30)21-8-3-1-4-9-21)17-22(28)25-10-7-13-26-11-5-2-6-12-26/h1,3-4,8-9,14-16H,2,5-7,10-13,17H2,(H,25,28). The number of halogens is 2. The van der Waals surface area contributed by atoms with Gasteiger partial charge in [-0.05, 0) is 69.2 Å². The van der Waals surface area contributed by atoms with E-state index in [2.05, 4.69) is 10.2 Å². The highest BCUT2D eigenvalue weighted by atomic mass is 35.5. The molecular formula is C22H27Cl2N3O3S. The number of nitrogens with one attached hydrogen (secondary N) is 1. The van der Waals surface area contributed by atoms with Crippen molar-refractivity contribution in [3.63, 3.8) is 0 Å². The van der Waals surface area contributed by atoms with Gasteiger partial charge in [-0.25, -0.2) is 8.42 Å². The van der Waals surface area contributed by atoms with Crippen molar-refractivity contribution in [2.75, 3.05) is 37.0 Å². The van der Waals surface area contributed by atoms with Crippen molar-refractivity contribution in [2.24, 2.45) is 0 Å². The molecule has 1 heterocycles. The second kappa shape index (κ2) is 11.2. The molecule has 168 valence electrons. The number of piperidine rings is 1. The summed E-state index contributed by atoms with van der Waals surface area (Å²) < 4.78 is 27.6. The van der Waals surface area contributed by atoms with Gasteiger partial charge in [0.2, 0.25) is 5.91 Å². The number of anilines is 1. The first-order valence-corrected chi connectivity index (χ1v) is 12.6. The van der Waals surface area contributed by atoms with E-state index < -0.39 is 10.0 Å². The third-order valence-electron chi connectivity index (χ3n) is 5.18. The van der Waals surface area contributed by atoms with Gasteiger partial charge in [-0.2, -0.15) is 0 Å². The van der Waals surface area contributed by atoms with Crippen LogP contribution in [0.5, 0.6) is 0 Å². The summed E-state index contributed by atoms with van der Waals surface area (Å²) >= 11 is 12.2. The van der Waals surface area contributed by atoms with Crippen molar-refractivity contribution in [1.82, 2.24) is 10.2 Å². The summed E-state index contributed by atoms with van der Waals surface area (Å²) in [5, 5.41) is 3.42. The third-order valence-corrected chi connectivity index (χ3v) is 7.40. The minimum Gasteiger partial charge on any atom is -0.354 e. The van der Waals surface area contributed by atoms with Crippen molar-refractivity contribution >= 4 is 44.8 Å². The van der Waals surface area contributed by atoms with Crippen molar-refractivity contribution in [3.8, 4) is 0 Å². The van der Waals surface area contributed by atoms with Crippen LogP contribution in [0.15, 0.2) is 53.4 Å². The molecule has 3 rings (SSSR count). The van der Waals surface area contributed by atoms with E-state index in [1.54, 1.807) is 18.2 Å². The van der Waals surface area contributed by atoms with Gasteiger partial charge >= 0.3 is 0 Å². The normalized spacial score (nSPS) is 14.9. The highest BCUT2D eigenvalue weighted by molar-refractivity contribution is 7.92. The van der Waals surface area contributed by atoms with Crippen molar-refractivity contribution in [2.45, 2.75) is 30.6 Å². The molecule has 1 amide bonds. The van der Waals surface area contributed by atoms with Gasteiger partial charge in [0.15, 0.2) is 0 Å². The second-order valence-corrected chi connectivity index (χ2v) is 10.3. The topological polar surface area (TPSA) is 69.7 Å². The number of benzene rings is 2. The molecule has 1 aliphatic rings. The van der Waals surface area contributed by atoms with Crippen LogP contribution < -0.4 is 9.62 Å². The molecule has 31 heavy (non-hydrogen) atoms. The quantitative estimate of drug-likeness (QED) is 0.543. The fourth-order valence-electron chi connectivity index (χ4n) is 3.62. The Hall–Kier alpha value is -1.80. The summed E-state index contributed by atoms with van der Waals surface area (Å²) in [6, 6.07) is 12.5. The molecule has 0 saturated carbocycles. The number of nitrogens with zero attached hydrogens (tertiary/aromatic N) is 2. The molecular weight excluding hydrogens is 457 g/mol. The summed E-state index contributed by atoms with van der Waals surface area (Å²) in [4.78, 5) is 15.1. The fourth-order valence-corrected chi connectivity index (χ4v) is 5.56. The lowest BCUT2D eigenvalue weighted by Crippen LogP contribution is -2.41. The molecule has 0 aliphatic carbocycles. The van der Waals surface area contributed by atoms with E-state index in [4.69, 9.17) is 23.2 Å². The van der Waals surface area contributed by atoms with Gasteiger partial charge in [0.05, 0.1) is 10.6 Å². The SMILES string of the molecule is O=C(CN(c1cc(Cl)cc(Cl)c1)S(=O)(=O)c1ccccc1)NCCCN1CCCCC1.